The van der Waals surface area contributed by atoms with Gasteiger partial charge in [-0.15, -0.1) is 0 Å². The molecule has 140 valence electrons. The van der Waals surface area contributed by atoms with Crippen LogP contribution in [0.4, 0.5) is 5.82 Å². The molecule has 4 rings (SSSR count). The maximum absolute atomic E-state index is 9.12. The number of hydrogen-bond donors (Lipinski definition) is 1. The van der Waals surface area contributed by atoms with Gasteiger partial charge in [0.25, 0.3) is 0 Å². The minimum absolute atomic E-state index is 0.182. The molecular formula is C23H27N3O. The largest absolute Gasteiger partial charge is 0.396 e. The van der Waals surface area contributed by atoms with E-state index in [1.165, 1.54) is 10.8 Å². The van der Waals surface area contributed by atoms with Crippen LogP contribution < -0.4 is 4.90 Å². The molecule has 0 bridgehead atoms. The lowest BCUT2D eigenvalue weighted by Gasteiger charge is -2.35. The highest BCUT2D eigenvalue weighted by molar-refractivity contribution is 5.95. The van der Waals surface area contributed by atoms with Gasteiger partial charge in [-0.25, -0.2) is 4.98 Å². The van der Waals surface area contributed by atoms with E-state index >= 15 is 0 Å². The smallest absolute Gasteiger partial charge is 0.137 e. The van der Waals surface area contributed by atoms with Gasteiger partial charge in [-0.05, 0) is 30.0 Å². The SMILES string of the molecule is CCN1CCN(c2nc(-c3ccc(CCO)cc3)cc3ccccc23)CC1. The number of nitrogens with zero attached hydrogens (tertiary/aromatic N) is 3. The van der Waals surface area contributed by atoms with Crippen molar-refractivity contribution in [3.63, 3.8) is 0 Å². The first-order valence-electron chi connectivity index (χ1n) is 9.85. The Kier molecular flexibility index (Phi) is 5.37. The highest BCUT2D eigenvalue weighted by Gasteiger charge is 2.19. The Morgan fingerprint density at radius 3 is 2.41 bits per heavy atom. The van der Waals surface area contributed by atoms with Crippen molar-refractivity contribution in [1.82, 2.24) is 9.88 Å². The second-order valence-electron chi connectivity index (χ2n) is 7.14. The fourth-order valence-electron chi connectivity index (χ4n) is 3.82. The van der Waals surface area contributed by atoms with Gasteiger partial charge < -0.3 is 14.9 Å². The van der Waals surface area contributed by atoms with E-state index in [1.807, 2.05) is 0 Å². The van der Waals surface area contributed by atoms with Crippen LogP contribution in [0.2, 0.25) is 0 Å². The van der Waals surface area contributed by atoms with Crippen LogP contribution in [0.25, 0.3) is 22.0 Å². The molecule has 1 N–H and O–H groups in total. The molecule has 0 spiro atoms. The minimum atomic E-state index is 0.182. The van der Waals surface area contributed by atoms with Gasteiger partial charge >= 0.3 is 0 Å². The molecular weight excluding hydrogens is 334 g/mol. The van der Waals surface area contributed by atoms with Gasteiger partial charge in [0.05, 0.1) is 5.69 Å². The zero-order chi connectivity index (χ0) is 18.6. The monoisotopic (exact) mass is 361 g/mol. The van der Waals surface area contributed by atoms with E-state index in [0.29, 0.717) is 6.42 Å². The fourth-order valence-corrected chi connectivity index (χ4v) is 3.82. The molecule has 4 nitrogen and oxygen atoms in total. The number of pyridine rings is 1. The molecule has 4 heteroatoms. The molecule has 0 aliphatic carbocycles. The maximum Gasteiger partial charge on any atom is 0.137 e. The lowest BCUT2D eigenvalue weighted by Crippen LogP contribution is -2.46. The van der Waals surface area contributed by atoms with Crippen molar-refractivity contribution in [1.29, 1.82) is 0 Å². The second kappa shape index (κ2) is 8.07. The van der Waals surface area contributed by atoms with Gasteiger partial charge in [0, 0.05) is 43.7 Å². The number of piperazine rings is 1. The number of hydrogen-bond acceptors (Lipinski definition) is 4. The first-order chi connectivity index (χ1) is 13.3. The van der Waals surface area contributed by atoms with Gasteiger partial charge in [-0.2, -0.15) is 0 Å². The summed E-state index contributed by atoms with van der Waals surface area (Å²) in [7, 11) is 0. The van der Waals surface area contributed by atoms with Crippen molar-refractivity contribution < 1.29 is 5.11 Å². The van der Waals surface area contributed by atoms with Gasteiger partial charge in [-0.1, -0.05) is 55.5 Å². The third kappa shape index (κ3) is 3.82. The topological polar surface area (TPSA) is 39.6 Å². The standard InChI is InChI=1S/C23H27N3O/c1-2-25-12-14-26(15-13-25)23-21-6-4-3-5-20(21)17-22(24-23)19-9-7-18(8-10-19)11-16-27/h3-10,17,27H,2,11-16H2,1H3. The van der Waals surface area contributed by atoms with Crippen LogP contribution in [0, 0.1) is 0 Å². The highest BCUT2D eigenvalue weighted by atomic mass is 16.2. The molecule has 1 fully saturated rings. The highest BCUT2D eigenvalue weighted by Crippen LogP contribution is 2.30. The molecule has 2 aromatic carbocycles. The van der Waals surface area contributed by atoms with E-state index < -0.39 is 0 Å². The number of benzene rings is 2. The predicted molar refractivity (Wildman–Crippen MR) is 112 cm³/mol. The van der Waals surface area contributed by atoms with Crippen LogP contribution in [0.3, 0.4) is 0 Å². The summed E-state index contributed by atoms with van der Waals surface area (Å²) >= 11 is 0. The quantitative estimate of drug-likeness (QED) is 0.754. The molecule has 3 aromatic rings. The van der Waals surface area contributed by atoms with Crippen LogP contribution in [0.15, 0.2) is 54.6 Å². The summed E-state index contributed by atoms with van der Waals surface area (Å²) in [4.78, 5) is 10.00. The molecule has 0 saturated carbocycles. The average Bonchev–Trinajstić information content (AvgIpc) is 2.74. The van der Waals surface area contributed by atoms with Crippen LogP contribution in [-0.4, -0.2) is 54.3 Å². The Morgan fingerprint density at radius 2 is 1.70 bits per heavy atom. The Bertz CT molecular complexity index is 899. The van der Waals surface area contributed by atoms with Gasteiger partial charge in [0.15, 0.2) is 0 Å². The van der Waals surface area contributed by atoms with Crippen LogP contribution in [0.5, 0.6) is 0 Å². The molecule has 1 aromatic heterocycles. The van der Waals surface area contributed by atoms with Crippen LogP contribution >= 0.6 is 0 Å². The number of anilines is 1. The summed E-state index contributed by atoms with van der Waals surface area (Å²) in [6.45, 7) is 7.74. The van der Waals surface area contributed by atoms with Crippen molar-refractivity contribution in [3.05, 3.63) is 60.2 Å². The normalized spacial score (nSPS) is 15.4. The zero-order valence-corrected chi connectivity index (χ0v) is 15.9. The number of likely N-dealkylation sites (N-methyl/N-ethyl adjacent to an activating group) is 1. The molecule has 27 heavy (non-hydrogen) atoms. The summed E-state index contributed by atoms with van der Waals surface area (Å²) in [5.41, 5.74) is 3.28. The van der Waals surface area contributed by atoms with Crippen molar-refractivity contribution in [3.8, 4) is 11.3 Å². The Balaban J connectivity index is 1.72. The number of aliphatic hydroxyl groups is 1. The number of fused-ring (bicyclic) bond motifs is 1. The Hall–Kier alpha value is -2.43. The number of aliphatic hydroxyl groups excluding tert-OH is 1. The summed E-state index contributed by atoms with van der Waals surface area (Å²) in [6.07, 6.45) is 0.693. The minimum Gasteiger partial charge on any atom is -0.396 e. The molecule has 1 saturated heterocycles. The van der Waals surface area contributed by atoms with Crippen molar-refractivity contribution in [2.24, 2.45) is 0 Å². The van der Waals surface area contributed by atoms with E-state index in [9.17, 15) is 0 Å². The van der Waals surface area contributed by atoms with E-state index in [4.69, 9.17) is 10.1 Å². The predicted octanol–water partition coefficient (Wildman–Crippen LogP) is 3.58. The van der Waals surface area contributed by atoms with E-state index in [1.54, 1.807) is 0 Å². The lowest BCUT2D eigenvalue weighted by molar-refractivity contribution is 0.271. The fraction of sp³-hybridized carbons (Fsp3) is 0.348. The molecule has 0 atom stereocenters. The van der Waals surface area contributed by atoms with Crippen LogP contribution in [0.1, 0.15) is 12.5 Å². The van der Waals surface area contributed by atoms with Gasteiger partial charge in [-0.3, -0.25) is 0 Å². The van der Waals surface area contributed by atoms with E-state index in [2.05, 4.69) is 71.3 Å². The van der Waals surface area contributed by atoms with E-state index in [0.717, 1.165) is 55.4 Å². The molecule has 0 unspecified atom stereocenters. The van der Waals surface area contributed by atoms with Gasteiger partial charge in [0.1, 0.15) is 5.82 Å². The zero-order valence-electron chi connectivity index (χ0n) is 15.9. The van der Waals surface area contributed by atoms with Crippen molar-refractivity contribution in [2.45, 2.75) is 13.3 Å². The summed E-state index contributed by atoms with van der Waals surface area (Å²) in [5.74, 6) is 1.10. The maximum atomic E-state index is 9.12. The summed E-state index contributed by atoms with van der Waals surface area (Å²) in [5, 5.41) is 11.6. The number of rotatable bonds is 5. The van der Waals surface area contributed by atoms with Crippen LogP contribution in [-0.2, 0) is 6.42 Å². The van der Waals surface area contributed by atoms with Crippen molar-refractivity contribution in [2.75, 3.05) is 44.2 Å². The lowest BCUT2D eigenvalue weighted by atomic mass is 10.0. The van der Waals surface area contributed by atoms with E-state index in [-0.39, 0.29) is 6.61 Å². The Labute approximate surface area is 161 Å². The summed E-state index contributed by atoms with van der Waals surface area (Å²) < 4.78 is 0. The summed E-state index contributed by atoms with van der Waals surface area (Å²) in [6, 6.07) is 19.1. The third-order valence-corrected chi connectivity index (χ3v) is 5.49. The van der Waals surface area contributed by atoms with Crippen molar-refractivity contribution >= 4 is 16.6 Å². The molecule has 0 amide bonds. The van der Waals surface area contributed by atoms with Gasteiger partial charge in [0.2, 0.25) is 0 Å². The Morgan fingerprint density at radius 1 is 0.963 bits per heavy atom. The third-order valence-electron chi connectivity index (χ3n) is 5.49. The first kappa shape index (κ1) is 18.0. The molecule has 2 heterocycles. The first-order valence-corrected chi connectivity index (χ1v) is 9.85. The molecule has 1 aliphatic heterocycles. The average molecular weight is 361 g/mol. The molecule has 0 radical (unpaired) electrons. The molecule has 1 aliphatic rings. The number of aromatic nitrogens is 1. The second-order valence-corrected chi connectivity index (χ2v) is 7.14.